The fourth-order valence-corrected chi connectivity index (χ4v) is 2.54. The average molecular weight is 502 g/mol. The second kappa shape index (κ2) is 13.0. The number of rotatable bonds is 9. The first kappa shape index (κ1) is 25.8. The number of ether oxygens (including phenoxy) is 1. The van der Waals surface area contributed by atoms with E-state index >= 15 is 0 Å². The lowest BCUT2D eigenvalue weighted by Gasteiger charge is -2.23. The first-order chi connectivity index (χ1) is 12.3. The molecule has 0 saturated carbocycles. The number of alkyl halides is 3. The van der Waals surface area contributed by atoms with Gasteiger partial charge >= 0.3 is 6.18 Å². The Labute approximate surface area is 177 Å². The Hall–Kier alpha value is -1.23. The van der Waals surface area contributed by atoms with E-state index in [-0.39, 0.29) is 24.0 Å². The SMILES string of the molecule is CCNC(=NCCCN(C)CC(F)(F)F)N(C)Cc1ccccc1OC.I. The summed E-state index contributed by atoms with van der Waals surface area (Å²) < 4.78 is 42.3. The van der Waals surface area contributed by atoms with Gasteiger partial charge in [0.15, 0.2) is 5.96 Å². The highest BCUT2D eigenvalue weighted by molar-refractivity contribution is 14.0. The van der Waals surface area contributed by atoms with Crippen LogP contribution in [0.5, 0.6) is 5.75 Å². The summed E-state index contributed by atoms with van der Waals surface area (Å²) in [6.07, 6.45) is -3.61. The molecule has 27 heavy (non-hydrogen) atoms. The molecule has 5 nitrogen and oxygen atoms in total. The first-order valence-corrected chi connectivity index (χ1v) is 8.63. The minimum absolute atomic E-state index is 0. The summed E-state index contributed by atoms with van der Waals surface area (Å²) in [6, 6.07) is 7.76. The highest BCUT2D eigenvalue weighted by atomic mass is 127. The minimum atomic E-state index is -4.16. The second-order valence-electron chi connectivity index (χ2n) is 6.11. The van der Waals surface area contributed by atoms with Crippen LogP contribution < -0.4 is 10.1 Å². The quantitative estimate of drug-likeness (QED) is 0.243. The maximum atomic E-state index is 12.3. The van der Waals surface area contributed by atoms with Gasteiger partial charge in [0, 0.05) is 32.2 Å². The largest absolute Gasteiger partial charge is 0.496 e. The lowest BCUT2D eigenvalue weighted by Crippen LogP contribution is -2.38. The zero-order valence-electron chi connectivity index (χ0n) is 16.3. The molecular formula is C18H30F3IN4O. The van der Waals surface area contributed by atoms with E-state index < -0.39 is 12.7 Å². The van der Waals surface area contributed by atoms with Crippen molar-refractivity contribution in [2.24, 2.45) is 4.99 Å². The number of hydrogen-bond acceptors (Lipinski definition) is 3. The van der Waals surface area contributed by atoms with Gasteiger partial charge < -0.3 is 15.0 Å². The molecule has 156 valence electrons. The predicted molar refractivity (Wildman–Crippen MR) is 114 cm³/mol. The van der Waals surface area contributed by atoms with Gasteiger partial charge in [-0.25, -0.2) is 0 Å². The molecule has 0 bridgehead atoms. The Morgan fingerprint density at radius 1 is 1.22 bits per heavy atom. The van der Waals surface area contributed by atoms with Gasteiger partial charge in [-0.15, -0.1) is 24.0 Å². The third kappa shape index (κ3) is 10.6. The van der Waals surface area contributed by atoms with Crippen LogP contribution in [0.4, 0.5) is 13.2 Å². The van der Waals surface area contributed by atoms with Gasteiger partial charge in [0.05, 0.1) is 13.7 Å². The van der Waals surface area contributed by atoms with E-state index in [1.165, 1.54) is 11.9 Å². The third-order valence-corrected chi connectivity index (χ3v) is 3.71. The van der Waals surface area contributed by atoms with Crippen molar-refractivity contribution in [2.45, 2.75) is 26.1 Å². The van der Waals surface area contributed by atoms with Crippen LogP contribution in [0.1, 0.15) is 18.9 Å². The molecule has 0 aliphatic rings. The molecular weight excluding hydrogens is 472 g/mol. The highest BCUT2D eigenvalue weighted by Crippen LogP contribution is 2.19. The van der Waals surface area contributed by atoms with Gasteiger partial charge in [-0.3, -0.25) is 9.89 Å². The van der Waals surface area contributed by atoms with Crippen LogP contribution in [0.2, 0.25) is 0 Å². The van der Waals surface area contributed by atoms with E-state index in [0.717, 1.165) is 17.3 Å². The normalized spacial score (nSPS) is 11.9. The van der Waals surface area contributed by atoms with E-state index in [4.69, 9.17) is 4.74 Å². The van der Waals surface area contributed by atoms with Crippen LogP contribution in [0.15, 0.2) is 29.3 Å². The molecule has 1 rings (SSSR count). The number of nitrogens with zero attached hydrogens (tertiary/aromatic N) is 3. The molecule has 0 radical (unpaired) electrons. The van der Waals surface area contributed by atoms with Crippen molar-refractivity contribution in [1.82, 2.24) is 15.1 Å². The summed E-state index contributed by atoms with van der Waals surface area (Å²) >= 11 is 0. The molecule has 9 heteroatoms. The molecule has 0 unspecified atom stereocenters. The number of halogens is 4. The minimum Gasteiger partial charge on any atom is -0.496 e. The van der Waals surface area contributed by atoms with E-state index in [9.17, 15) is 13.2 Å². The lowest BCUT2D eigenvalue weighted by atomic mass is 10.2. The van der Waals surface area contributed by atoms with E-state index in [2.05, 4.69) is 10.3 Å². The van der Waals surface area contributed by atoms with Gasteiger partial charge in [0.2, 0.25) is 0 Å². The van der Waals surface area contributed by atoms with Gasteiger partial charge in [0.1, 0.15) is 5.75 Å². The Balaban J connectivity index is 0.00000676. The number of hydrogen-bond donors (Lipinski definition) is 1. The summed E-state index contributed by atoms with van der Waals surface area (Å²) in [4.78, 5) is 7.75. The molecule has 0 atom stereocenters. The van der Waals surface area contributed by atoms with E-state index in [1.54, 1.807) is 7.11 Å². The van der Waals surface area contributed by atoms with Crippen LogP contribution in [0, 0.1) is 0 Å². The van der Waals surface area contributed by atoms with E-state index in [0.29, 0.717) is 32.6 Å². The maximum absolute atomic E-state index is 12.3. The number of benzene rings is 1. The topological polar surface area (TPSA) is 40.1 Å². The van der Waals surface area contributed by atoms with Crippen molar-refractivity contribution in [3.8, 4) is 5.75 Å². The van der Waals surface area contributed by atoms with Gasteiger partial charge in [0.25, 0.3) is 0 Å². The van der Waals surface area contributed by atoms with Gasteiger partial charge in [-0.05, 0) is 33.0 Å². The molecule has 0 aliphatic carbocycles. The molecule has 1 aromatic carbocycles. The fraction of sp³-hybridized carbons (Fsp3) is 0.611. The van der Waals surface area contributed by atoms with Crippen LogP contribution in [-0.4, -0.2) is 69.3 Å². The molecule has 0 spiro atoms. The number of guanidine groups is 1. The van der Waals surface area contributed by atoms with Crippen molar-refractivity contribution in [2.75, 3.05) is 47.4 Å². The number of para-hydroxylation sites is 1. The lowest BCUT2D eigenvalue weighted by molar-refractivity contribution is -0.143. The second-order valence-corrected chi connectivity index (χ2v) is 6.11. The number of methoxy groups -OCH3 is 1. The Kier molecular flexibility index (Phi) is 12.4. The standard InChI is InChI=1S/C18H29F3N4O.HI/c1-5-22-17(23-11-8-12-24(2)14-18(19,20)21)25(3)13-15-9-6-7-10-16(15)26-4;/h6-7,9-10H,5,8,11-14H2,1-4H3,(H,22,23);1H. The van der Waals surface area contributed by atoms with Crippen LogP contribution in [0.25, 0.3) is 0 Å². The molecule has 0 amide bonds. The maximum Gasteiger partial charge on any atom is 0.401 e. The first-order valence-electron chi connectivity index (χ1n) is 8.63. The third-order valence-electron chi connectivity index (χ3n) is 3.71. The Morgan fingerprint density at radius 3 is 2.48 bits per heavy atom. The number of aliphatic imine (C=N–C) groups is 1. The summed E-state index contributed by atoms with van der Waals surface area (Å²) in [5, 5.41) is 3.21. The molecule has 0 saturated heterocycles. The van der Waals surface area contributed by atoms with Crippen molar-refractivity contribution in [3.05, 3.63) is 29.8 Å². The van der Waals surface area contributed by atoms with Crippen molar-refractivity contribution in [1.29, 1.82) is 0 Å². The molecule has 1 N–H and O–H groups in total. The Morgan fingerprint density at radius 2 is 1.89 bits per heavy atom. The molecule has 0 aliphatic heterocycles. The van der Waals surface area contributed by atoms with Gasteiger partial charge in [-0.2, -0.15) is 13.2 Å². The van der Waals surface area contributed by atoms with Crippen molar-refractivity contribution < 1.29 is 17.9 Å². The van der Waals surface area contributed by atoms with Gasteiger partial charge in [-0.1, -0.05) is 18.2 Å². The monoisotopic (exact) mass is 502 g/mol. The fourth-order valence-electron chi connectivity index (χ4n) is 2.54. The summed E-state index contributed by atoms with van der Waals surface area (Å²) in [7, 11) is 5.02. The summed E-state index contributed by atoms with van der Waals surface area (Å²) in [5.74, 6) is 1.53. The molecule has 0 fully saturated rings. The van der Waals surface area contributed by atoms with Crippen molar-refractivity contribution >= 4 is 29.9 Å². The zero-order chi connectivity index (χ0) is 19.6. The Bertz CT molecular complexity index is 570. The van der Waals surface area contributed by atoms with Crippen LogP contribution in [0.3, 0.4) is 0 Å². The van der Waals surface area contributed by atoms with E-state index in [1.807, 2.05) is 43.1 Å². The average Bonchev–Trinajstić information content (AvgIpc) is 2.56. The van der Waals surface area contributed by atoms with Crippen molar-refractivity contribution in [3.63, 3.8) is 0 Å². The van der Waals surface area contributed by atoms with Crippen LogP contribution >= 0.6 is 24.0 Å². The molecule has 0 aromatic heterocycles. The van der Waals surface area contributed by atoms with Crippen LogP contribution in [-0.2, 0) is 6.54 Å². The smallest absolute Gasteiger partial charge is 0.401 e. The zero-order valence-corrected chi connectivity index (χ0v) is 18.7. The summed E-state index contributed by atoms with van der Waals surface area (Å²) in [5.41, 5.74) is 1.04. The molecule has 0 heterocycles. The predicted octanol–water partition coefficient (Wildman–Crippen LogP) is 3.59. The highest BCUT2D eigenvalue weighted by Gasteiger charge is 2.28. The summed E-state index contributed by atoms with van der Waals surface area (Å²) in [6.45, 7) is 3.21. The number of nitrogens with one attached hydrogen (secondary N) is 1. The molecule has 1 aromatic rings.